The van der Waals surface area contributed by atoms with E-state index in [1.807, 2.05) is 11.8 Å². The first-order valence-corrected chi connectivity index (χ1v) is 7.63. The molecule has 1 atom stereocenters. The van der Waals surface area contributed by atoms with Crippen molar-refractivity contribution >= 4 is 16.9 Å². The highest BCUT2D eigenvalue weighted by Gasteiger charge is 2.20. The number of hydrogen-bond donors (Lipinski definition) is 1. The predicted molar refractivity (Wildman–Crippen MR) is 76.9 cm³/mol. The summed E-state index contributed by atoms with van der Waals surface area (Å²) >= 11 is 1.87. The second-order valence-electron chi connectivity index (χ2n) is 5.02. The van der Waals surface area contributed by atoms with Crippen LogP contribution in [-0.4, -0.2) is 37.2 Å². The Morgan fingerprint density at radius 1 is 1.41 bits per heavy atom. The Morgan fingerprint density at radius 2 is 2.24 bits per heavy atom. The van der Waals surface area contributed by atoms with Crippen LogP contribution in [0.4, 0.5) is 0 Å². The normalized spacial score (nSPS) is 22.4. The fraction of sp³-hybridized carbons (Fsp3) is 0.923. The molecule has 0 aromatic rings. The molecule has 0 spiro atoms. The van der Waals surface area contributed by atoms with Gasteiger partial charge in [0.05, 0.1) is 0 Å². The zero-order chi connectivity index (χ0) is 12.5. The summed E-state index contributed by atoms with van der Waals surface area (Å²) in [6, 6.07) is 0.632. The Bertz CT molecular complexity index is 231. The Kier molecular flexibility index (Phi) is 7.69. The van der Waals surface area contributed by atoms with E-state index in [1.165, 1.54) is 25.0 Å². The lowest BCUT2D eigenvalue weighted by molar-refractivity contribution is 0.192. The van der Waals surface area contributed by atoms with Crippen LogP contribution < -0.4 is 5.32 Å². The van der Waals surface area contributed by atoms with Gasteiger partial charge in [-0.05, 0) is 31.6 Å². The van der Waals surface area contributed by atoms with Crippen LogP contribution in [0.2, 0.25) is 0 Å². The average Bonchev–Trinajstić information content (AvgIpc) is 2.70. The van der Waals surface area contributed by atoms with Gasteiger partial charge in [-0.1, -0.05) is 25.6 Å². The third-order valence-electron chi connectivity index (χ3n) is 2.77. The average molecular weight is 258 g/mol. The van der Waals surface area contributed by atoms with Crippen molar-refractivity contribution < 1.29 is 4.74 Å². The molecule has 17 heavy (non-hydrogen) atoms. The Hall–Kier alpha value is -0.220. The molecule has 0 saturated carbocycles. The van der Waals surface area contributed by atoms with Crippen molar-refractivity contribution in [3.8, 4) is 0 Å². The third kappa shape index (κ3) is 6.94. The highest BCUT2D eigenvalue weighted by Crippen LogP contribution is 2.19. The second-order valence-corrected chi connectivity index (χ2v) is 6.03. The van der Waals surface area contributed by atoms with E-state index in [0.717, 1.165) is 30.7 Å². The molecule has 0 radical (unpaired) electrons. The Morgan fingerprint density at radius 3 is 2.94 bits per heavy atom. The number of amidine groups is 1. The Labute approximate surface area is 110 Å². The molecule has 1 heterocycles. The standard InChI is InChI=1S/C13H26N2OS/c1-11(2)9-12-10-17-13(15-12)14-7-5-4-6-8-16-3/h11-12H,4-10H2,1-3H3,(H,14,15). The molecule has 0 bridgehead atoms. The van der Waals surface area contributed by atoms with Crippen LogP contribution in [0.1, 0.15) is 39.5 Å². The number of thioether (sulfide) groups is 1. The van der Waals surface area contributed by atoms with Gasteiger partial charge in [0, 0.05) is 32.1 Å². The first-order valence-electron chi connectivity index (χ1n) is 6.65. The SMILES string of the molecule is COCCCCCN=C1NC(CC(C)C)CS1. The van der Waals surface area contributed by atoms with E-state index in [1.54, 1.807) is 7.11 Å². The molecule has 1 fully saturated rings. The lowest BCUT2D eigenvalue weighted by atomic mass is 10.1. The molecule has 0 aromatic carbocycles. The fourth-order valence-corrected chi connectivity index (χ4v) is 2.95. The molecule has 3 nitrogen and oxygen atoms in total. The van der Waals surface area contributed by atoms with E-state index >= 15 is 0 Å². The predicted octanol–water partition coefficient (Wildman–Crippen LogP) is 2.91. The van der Waals surface area contributed by atoms with Crippen molar-refractivity contribution in [1.82, 2.24) is 5.32 Å². The molecule has 100 valence electrons. The summed E-state index contributed by atoms with van der Waals surface area (Å²) in [5.41, 5.74) is 0. The van der Waals surface area contributed by atoms with Crippen LogP contribution in [0, 0.1) is 5.92 Å². The maximum atomic E-state index is 5.02. The highest BCUT2D eigenvalue weighted by atomic mass is 32.2. The van der Waals surface area contributed by atoms with Crippen molar-refractivity contribution in [1.29, 1.82) is 0 Å². The van der Waals surface area contributed by atoms with Crippen LogP contribution in [0.15, 0.2) is 4.99 Å². The number of unbranched alkanes of at least 4 members (excludes halogenated alkanes) is 2. The summed E-state index contributed by atoms with van der Waals surface area (Å²) in [5.74, 6) is 1.95. The molecule has 1 saturated heterocycles. The summed E-state index contributed by atoms with van der Waals surface area (Å²) in [6.07, 6.45) is 4.78. The van der Waals surface area contributed by atoms with E-state index < -0.39 is 0 Å². The van der Waals surface area contributed by atoms with Gasteiger partial charge in [-0.15, -0.1) is 0 Å². The van der Waals surface area contributed by atoms with Crippen molar-refractivity contribution in [2.75, 3.05) is 26.0 Å². The largest absolute Gasteiger partial charge is 0.385 e. The number of methoxy groups -OCH3 is 1. The summed E-state index contributed by atoms with van der Waals surface area (Å²) in [4.78, 5) is 4.61. The first-order chi connectivity index (χ1) is 8.22. The summed E-state index contributed by atoms with van der Waals surface area (Å²) in [6.45, 7) is 6.38. The molecular formula is C13H26N2OS. The molecule has 1 rings (SSSR count). The third-order valence-corrected chi connectivity index (χ3v) is 3.86. The molecule has 0 aromatic heterocycles. The second kappa shape index (κ2) is 8.81. The quantitative estimate of drug-likeness (QED) is 0.680. The van der Waals surface area contributed by atoms with E-state index in [-0.39, 0.29) is 0 Å². The molecule has 1 N–H and O–H groups in total. The number of rotatable bonds is 8. The van der Waals surface area contributed by atoms with Crippen LogP contribution in [0.5, 0.6) is 0 Å². The van der Waals surface area contributed by atoms with Crippen LogP contribution in [0.25, 0.3) is 0 Å². The van der Waals surface area contributed by atoms with Crippen molar-refractivity contribution in [3.05, 3.63) is 0 Å². The lowest BCUT2D eigenvalue weighted by Crippen LogP contribution is -2.28. The number of hydrogen-bond acceptors (Lipinski definition) is 3. The monoisotopic (exact) mass is 258 g/mol. The van der Waals surface area contributed by atoms with Gasteiger partial charge in [0.15, 0.2) is 5.17 Å². The van der Waals surface area contributed by atoms with Crippen LogP contribution >= 0.6 is 11.8 Å². The first kappa shape index (κ1) is 14.8. The van der Waals surface area contributed by atoms with Gasteiger partial charge in [-0.25, -0.2) is 0 Å². The molecule has 4 heteroatoms. The van der Waals surface area contributed by atoms with Crippen LogP contribution in [0.3, 0.4) is 0 Å². The number of nitrogens with zero attached hydrogens (tertiary/aromatic N) is 1. The van der Waals surface area contributed by atoms with Crippen molar-refractivity contribution in [2.45, 2.75) is 45.6 Å². The molecule has 0 amide bonds. The fourth-order valence-electron chi connectivity index (χ4n) is 1.94. The van der Waals surface area contributed by atoms with Crippen LogP contribution in [-0.2, 0) is 4.74 Å². The van der Waals surface area contributed by atoms with Crippen molar-refractivity contribution in [2.24, 2.45) is 10.9 Å². The number of aliphatic imine (C=N–C) groups is 1. The van der Waals surface area contributed by atoms with Crippen molar-refractivity contribution in [3.63, 3.8) is 0 Å². The minimum absolute atomic E-state index is 0.632. The van der Waals surface area contributed by atoms with E-state index in [0.29, 0.717) is 6.04 Å². The smallest absolute Gasteiger partial charge is 0.156 e. The maximum absolute atomic E-state index is 5.02. The molecule has 1 unspecified atom stereocenters. The number of nitrogens with one attached hydrogen (secondary N) is 1. The zero-order valence-electron chi connectivity index (χ0n) is 11.4. The highest BCUT2D eigenvalue weighted by molar-refractivity contribution is 8.14. The van der Waals surface area contributed by atoms with Gasteiger partial charge in [-0.3, -0.25) is 4.99 Å². The van der Waals surface area contributed by atoms with E-state index in [4.69, 9.17) is 4.74 Å². The van der Waals surface area contributed by atoms with Gasteiger partial charge < -0.3 is 10.1 Å². The summed E-state index contributed by atoms with van der Waals surface area (Å²) < 4.78 is 5.02. The number of ether oxygens (including phenoxy) is 1. The molecule has 1 aliphatic heterocycles. The maximum Gasteiger partial charge on any atom is 0.156 e. The minimum atomic E-state index is 0.632. The van der Waals surface area contributed by atoms with Gasteiger partial charge in [0.2, 0.25) is 0 Å². The Balaban J connectivity index is 2.07. The van der Waals surface area contributed by atoms with Gasteiger partial charge in [0.1, 0.15) is 0 Å². The van der Waals surface area contributed by atoms with Gasteiger partial charge in [-0.2, -0.15) is 0 Å². The summed E-state index contributed by atoms with van der Waals surface area (Å²) in [5, 5.41) is 4.67. The zero-order valence-corrected chi connectivity index (χ0v) is 12.2. The topological polar surface area (TPSA) is 33.6 Å². The van der Waals surface area contributed by atoms with E-state index in [2.05, 4.69) is 24.2 Å². The summed E-state index contributed by atoms with van der Waals surface area (Å²) in [7, 11) is 1.76. The van der Waals surface area contributed by atoms with Gasteiger partial charge >= 0.3 is 0 Å². The van der Waals surface area contributed by atoms with E-state index in [9.17, 15) is 0 Å². The minimum Gasteiger partial charge on any atom is -0.385 e. The molecule has 1 aliphatic rings. The lowest BCUT2D eigenvalue weighted by Gasteiger charge is -2.11. The molecule has 0 aliphatic carbocycles. The molecular weight excluding hydrogens is 232 g/mol. The van der Waals surface area contributed by atoms with Gasteiger partial charge in [0.25, 0.3) is 0 Å².